The molecular weight excluding hydrogens is 437 g/mol. The summed E-state index contributed by atoms with van der Waals surface area (Å²) in [6.07, 6.45) is 1.51. The van der Waals surface area contributed by atoms with E-state index in [1.54, 1.807) is 79.8 Å². The van der Waals surface area contributed by atoms with Gasteiger partial charge in [-0.2, -0.15) is 5.10 Å². The van der Waals surface area contributed by atoms with Crippen molar-refractivity contribution in [1.82, 2.24) is 23.9 Å². The number of aryl methyl sites for hydroxylation is 1. The third-order valence-corrected chi connectivity index (χ3v) is 5.77. The molecule has 0 amide bonds. The molecule has 34 heavy (non-hydrogen) atoms. The molecule has 3 aromatic heterocycles. The fourth-order valence-corrected chi connectivity index (χ4v) is 4.00. The van der Waals surface area contributed by atoms with Crippen LogP contribution in [0.25, 0.3) is 22.3 Å². The van der Waals surface area contributed by atoms with Crippen molar-refractivity contribution < 1.29 is 9.13 Å². The Morgan fingerprint density at radius 1 is 1.09 bits per heavy atom. The average molecular weight is 459 g/mol. The molecular formula is C25H22FN5O3. The third kappa shape index (κ3) is 3.71. The zero-order valence-electron chi connectivity index (χ0n) is 18.6. The normalized spacial score (nSPS) is 12.2. The van der Waals surface area contributed by atoms with Crippen LogP contribution in [0.4, 0.5) is 4.39 Å². The molecule has 1 atom stereocenters. The van der Waals surface area contributed by atoms with E-state index in [9.17, 15) is 9.59 Å². The second-order valence-electron chi connectivity index (χ2n) is 7.98. The van der Waals surface area contributed by atoms with Crippen molar-refractivity contribution in [3.05, 3.63) is 105 Å². The summed E-state index contributed by atoms with van der Waals surface area (Å²) in [6.45, 7) is 0.144. The van der Waals surface area contributed by atoms with Crippen LogP contribution < -0.4 is 16.0 Å². The van der Waals surface area contributed by atoms with Gasteiger partial charge in [-0.1, -0.05) is 42.5 Å². The number of halogens is 1. The van der Waals surface area contributed by atoms with Crippen LogP contribution in [0.3, 0.4) is 0 Å². The summed E-state index contributed by atoms with van der Waals surface area (Å²) in [4.78, 5) is 29.9. The number of aromatic nitrogens is 5. The Balaban J connectivity index is 1.73. The van der Waals surface area contributed by atoms with Gasteiger partial charge in [0.15, 0.2) is 0 Å². The molecule has 5 aromatic rings. The maximum Gasteiger partial charge on any atom is 0.334 e. The molecule has 172 valence electrons. The van der Waals surface area contributed by atoms with Gasteiger partial charge < -0.3 is 9.72 Å². The van der Waals surface area contributed by atoms with Gasteiger partial charge >= 0.3 is 5.69 Å². The highest BCUT2D eigenvalue weighted by molar-refractivity contribution is 5.82. The predicted octanol–water partition coefficient (Wildman–Crippen LogP) is 3.47. The van der Waals surface area contributed by atoms with E-state index in [-0.39, 0.29) is 17.6 Å². The highest BCUT2D eigenvalue weighted by Crippen LogP contribution is 2.24. The van der Waals surface area contributed by atoms with Crippen LogP contribution in [0.1, 0.15) is 17.4 Å². The van der Waals surface area contributed by atoms with Crippen LogP contribution >= 0.6 is 0 Å². The molecule has 2 aromatic carbocycles. The SMILES string of the molecule is COc1ccc(Cn2c(=O)n(C(F)c3ccccc3)c(=O)c3[nH]c(-c4cnn(C)c4)cc32)cc1. The maximum atomic E-state index is 15.6. The molecule has 0 saturated heterocycles. The number of hydrogen-bond acceptors (Lipinski definition) is 4. The van der Waals surface area contributed by atoms with E-state index < -0.39 is 17.5 Å². The fourth-order valence-electron chi connectivity index (χ4n) is 4.00. The standard InChI is InChI=1S/C25H22FN5O3/c1-29-15-18(13-27-29)20-12-21-22(28-20)24(32)31(23(26)17-6-4-3-5-7-17)25(33)30(21)14-16-8-10-19(34-2)11-9-16/h3-13,15,23,28H,14H2,1-2H3. The molecule has 1 N–H and O–H groups in total. The number of H-pyrrole nitrogens is 1. The Labute approximate surface area is 193 Å². The lowest BCUT2D eigenvalue weighted by atomic mass is 10.2. The number of rotatable bonds is 6. The van der Waals surface area contributed by atoms with Gasteiger partial charge in [-0.25, -0.2) is 13.8 Å². The smallest absolute Gasteiger partial charge is 0.334 e. The Morgan fingerprint density at radius 3 is 2.47 bits per heavy atom. The van der Waals surface area contributed by atoms with Crippen LogP contribution in [-0.2, 0) is 13.6 Å². The van der Waals surface area contributed by atoms with Crippen molar-refractivity contribution in [1.29, 1.82) is 0 Å². The monoisotopic (exact) mass is 459 g/mol. The minimum atomic E-state index is -1.93. The van der Waals surface area contributed by atoms with E-state index in [4.69, 9.17) is 4.74 Å². The van der Waals surface area contributed by atoms with Gasteiger partial charge in [-0.05, 0) is 23.8 Å². The van der Waals surface area contributed by atoms with Gasteiger partial charge in [0.25, 0.3) is 5.56 Å². The maximum absolute atomic E-state index is 15.6. The molecule has 0 radical (unpaired) electrons. The summed E-state index contributed by atoms with van der Waals surface area (Å²) in [7, 11) is 3.36. The van der Waals surface area contributed by atoms with Gasteiger partial charge in [-0.3, -0.25) is 14.0 Å². The average Bonchev–Trinajstić information content (AvgIpc) is 3.49. The summed E-state index contributed by atoms with van der Waals surface area (Å²) in [5.41, 5.74) is 1.44. The molecule has 5 rings (SSSR count). The summed E-state index contributed by atoms with van der Waals surface area (Å²) >= 11 is 0. The third-order valence-electron chi connectivity index (χ3n) is 5.77. The van der Waals surface area contributed by atoms with Crippen LogP contribution in [0.15, 0.2) is 82.6 Å². The number of nitrogens with one attached hydrogen (secondary N) is 1. The molecule has 0 spiro atoms. The number of methoxy groups -OCH3 is 1. The quantitative estimate of drug-likeness (QED) is 0.421. The molecule has 0 aliphatic carbocycles. The van der Waals surface area contributed by atoms with Crippen LogP contribution in [0, 0.1) is 0 Å². The lowest BCUT2D eigenvalue weighted by Crippen LogP contribution is -2.41. The van der Waals surface area contributed by atoms with Crippen LogP contribution in [-0.4, -0.2) is 31.0 Å². The van der Waals surface area contributed by atoms with Crippen molar-refractivity contribution in [3.63, 3.8) is 0 Å². The van der Waals surface area contributed by atoms with Crippen molar-refractivity contribution in [3.8, 4) is 17.0 Å². The topological polar surface area (TPSA) is 86.8 Å². The van der Waals surface area contributed by atoms with E-state index >= 15 is 4.39 Å². The highest BCUT2D eigenvalue weighted by atomic mass is 19.1. The number of hydrogen-bond donors (Lipinski definition) is 1. The first-order chi connectivity index (χ1) is 16.5. The molecule has 3 heterocycles. The van der Waals surface area contributed by atoms with Crippen LogP contribution in [0.5, 0.6) is 5.75 Å². The highest BCUT2D eigenvalue weighted by Gasteiger charge is 2.23. The summed E-state index contributed by atoms with van der Waals surface area (Å²) in [5, 5.41) is 4.17. The van der Waals surface area contributed by atoms with Crippen molar-refractivity contribution in [2.75, 3.05) is 7.11 Å². The minimum Gasteiger partial charge on any atom is -0.497 e. The van der Waals surface area contributed by atoms with Gasteiger partial charge in [0.2, 0.25) is 6.30 Å². The zero-order valence-corrected chi connectivity index (χ0v) is 18.6. The van der Waals surface area contributed by atoms with E-state index in [1.807, 2.05) is 12.1 Å². The first-order valence-electron chi connectivity index (χ1n) is 10.7. The number of nitrogens with zero attached hydrogens (tertiary/aromatic N) is 4. The number of ether oxygens (including phenoxy) is 1. The van der Waals surface area contributed by atoms with E-state index in [1.165, 1.54) is 4.57 Å². The largest absolute Gasteiger partial charge is 0.497 e. The Bertz CT molecular complexity index is 1580. The zero-order chi connectivity index (χ0) is 23.8. The van der Waals surface area contributed by atoms with Crippen molar-refractivity contribution in [2.45, 2.75) is 12.8 Å². The lowest BCUT2D eigenvalue weighted by molar-refractivity contribution is 0.275. The summed E-state index contributed by atoms with van der Waals surface area (Å²) < 4.78 is 24.5. The second-order valence-corrected chi connectivity index (χ2v) is 7.98. The number of fused-ring (bicyclic) bond motifs is 1. The van der Waals surface area contributed by atoms with Crippen LogP contribution in [0.2, 0.25) is 0 Å². The molecule has 0 aliphatic rings. The molecule has 8 nitrogen and oxygen atoms in total. The Morgan fingerprint density at radius 2 is 1.82 bits per heavy atom. The number of aromatic amines is 1. The van der Waals surface area contributed by atoms with E-state index in [2.05, 4.69) is 10.1 Å². The lowest BCUT2D eigenvalue weighted by Gasteiger charge is -2.15. The van der Waals surface area contributed by atoms with Gasteiger partial charge in [0.05, 0.1) is 31.1 Å². The van der Waals surface area contributed by atoms with Crippen molar-refractivity contribution >= 4 is 11.0 Å². The van der Waals surface area contributed by atoms with E-state index in [0.717, 1.165) is 11.1 Å². The van der Waals surface area contributed by atoms with Gasteiger partial charge in [0, 0.05) is 24.4 Å². The Hall–Kier alpha value is -4.40. The second kappa shape index (κ2) is 8.51. The first kappa shape index (κ1) is 21.4. The minimum absolute atomic E-state index is 0.144. The van der Waals surface area contributed by atoms with Crippen molar-refractivity contribution in [2.24, 2.45) is 7.05 Å². The summed E-state index contributed by atoms with van der Waals surface area (Å²) in [6, 6.07) is 17.1. The number of benzene rings is 2. The summed E-state index contributed by atoms with van der Waals surface area (Å²) in [5.74, 6) is 0.680. The molecule has 0 aliphatic heterocycles. The Kier molecular flexibility index (Phi) is 5.37. The number of alkyl halides is 1. The fraction of sp³-hybridized carbons (Fsp3) is 0.160. The molecule has 9 heteroatoms. The van der Waals surface area contributed by atoms with Gasteiger partial charge in [-0.15, -0.1) is 0 Å². The van der Waals surface area contributed by atoms with E-state index in [0.29, 0.717) is 21.5 Å². The molecule has 1 unspecified atom stereocenters. The first-order valence-corrected chi connectivity index (χ1v) is 10.7. The predicted molar refractivity (Wildman–Crippen MR) is 127 cm³/mol. The van der Waals surface area contributed by atoms with Gasteiger partial charge in [0.1, 0.15) is 11.3 Å². The molecule has 0 saturated carbocycles. The molecule has 0 bridgehead atoms. The molecule has 0 fully saturated rings.